The number of nitrogens with zero attached hydrogens (tertiary/aromatic N) is 2. The zero-order valence-corrected chi connectivity index (χ0v) is 7.82. The molecule has 4 atom stereocenters. The van der Waals surface area contributed by atoms with E-state index in [4.69, 9.17) is 9.84 Å². The second-order valence-corrected chi connectivity index (χ2v) is 3.32. The average molecular weight is 214 g/mol. The smallest absolute Gasteiger partial charge is 0.162 e. The van der Waals surface area contributed by atoms with E-state index in [-0.39, 0.29) is 5.82 Å². The van der Waals surface area contributed by atoms with E-state index in [2.05, 4.69) is 9.97 Å². The summed E-state index contributed by atoms with van der Waals surface area (Å²) >= 11 is 0. The molecular weight excluding hydrogens is 203 g/mol. The zero-order valence-electron chi connectivity index (χ0n) is 7.82. The Hall–Kier alpha value is -1.11. The molecule has 82 valence electrons. The Kier molecular flexibility index (Phi) is 2.90. The molecule has 2 rings (SSSR count). The number of aliphatic hydroxyl groups is 2. The standard InChI is InChI=1S/C9H11FN2O3/c10-6-7(14)5(4-13)15-8(6)9-11-2-1-3-12-9/h1-3,5-8,13-14H,4H2/t5-,6+,7-,8-/m0/s1. The Morgan fingerprint density at radius 1 is 1.40 bits per heavy atom. The molecule has 5 nitrogen and oxygen atoms in total. The van der Waals surface area contributed by atoms with Crippen molar-refractivity contribution in [2.45, 2.75) is 24.5 Å². The van der Waals surface area contributed by atoms with Gasteiger partial charge in [-0.15, -0.1) is 0 Å². The maximum absolute atomic E-state index is 13.5. The van der Waals surface area contributed by atoms with Gasteiger partial charge in [-0.3, -0.25) is 0 Å². The van der Waals surface area contributed by atoms with Crippen LogP contribution in [0.5, 0.6) is 0 Å². The van der Waals surface area contributed by atoms with Crippen molar-refractivity contribution in [3.63, 3.8) is 0 Å². The fourth-order valence-corrected chi connectivity index (χ4v) is 1.54. The van der Waals surface area contributed by atoms with Gasteiger partial charge in [-0.25, -0.2) is 14.4 Å². The second kappa shape index (κ2) is 4.18. The van der Waals surface area contributed by atoms with Crippen molar-refractivity contribution in [2.75, 3.05) is 6.61 Å². The lowest BCUT2D eigenvalue weighted by Gasteiger charge is -2.10. The van der Waals surface area contributed by atoms with E-state index in [1.807, 2.05) is 0 Å². The van der Waals surface area contributed by atoms with Crippen molar-refractivity contribution in [3.8, 4) is 0 Å². The summed E-state index contributed by atoms with van der Waals surface area (Å²) in [6.07, 6.45) is -1.91. The summed E-state index contributed by atoms with van der Waals surface area (Å²) in [6.45, 7) is -0.426. The first kappa shape index (κ1) is 10.4. The van der Waals surface area contributed by atoms with Gasteiger partial charge in [0.1, 0.15) is 12.2 Å². The van der Waals surface area contributed by atoms with Gasteiger partial charge in [-0.1, -0.05) is 0 Å². The molecule has 15 heavy (non-hydrogen) atoms. The number of hydrogen-bond donors (Lipinski definition) is 2. The third-order valence-electron chi connectivity index (χ3n) is 2.34. The first-order valence-electron chi connectivity index (χ1n) is 4.59. The molecule has 1 saturated heterocycles. The zero-order chi connectivity index (χ0) is 10.8. The summed E-state index contributed by atoms with van der Waals surface area (Å²) in [5, 5.41) is 18.2. The van der Waals surface area contributed by atoms with Crippen LogP contribution in [0.2, 0.25) is 0 Å². The van der Waals surface area contributed by atoms with Crippen molar-refractivity contribution in [2.24, 2.45) is 0 Å². The molecule has 1 aliphatic heterocycles. The van der Waals surface area contributed by atoms with Crippen molar-refractivity contribution in [1.82, 2.24) is 9.97 Å². The van der Waals surface area contributed by atoms with E-state index >= 15 is 0 Å². The fourth-order valence-electron chi connectivity index (χ4n) is 1.54. The molecule has 1 aliphatic rings. The fraction of sp³-hybridized carbons (Fsp3) is 0.556. The lowest BCUT2D eigenvalue weighted by atomic mass is 10.1. The van der Waals surface area contributed by atoms with Gasteiger partial charge in [-0.05, 0) is 6.07 Å². The Morgan fingerprint density at radius 3 is 2.60 bits per heavy atom. The van der Waals surface area contributed by atoms with E-state index in [1.54, 1.807) is 6.07 Å². The van der Waals surface area contributed by atoms with Crippen LogP contribution in [-0.4, -0.2) is 45.2 Å². The van der Waals surface area contributed by atoms with Crippen molar-refractivity contribution < 1.29 is 19.3 Å². The van der Waals surface area contributed by atoms with Crippen LogP contribution in [0, 0.1) is 0 Å². The van der Waals surface area contributed by atoms with Crippen molar-refractivity contribution in [3.05, 3.63) is 24.3 Å². The Labute approximate surface area is 85.6 Å². The first-order chi connectivity index (χ1) is 7.24. The summed E-state index contributed by atoms with van der Waals surface area (Å²) in [5.41, 5.74) is 0. The van der Waals surface area contributed by atoms with Gasteiger partial charge < -0.3 is 14.9 Å². The molecule has 2 heterocycles. The number of hydrogen-bond acceptors (Lipinski definition) is 5. The van der Waals surface area contributed by atoms with Crippen LogP contribution in [-0.2, 0) is 4.74 Å². The topological polar surface area (TPSA) is 75.5 Å². The molecule has 0 radical (unpaired) electrons. The number of aromatic nitrogens is 2. The quantitative estimate of drug-likeness (QED) is 0.701. The molecule has 0 aliphatic carbocycles. The maximum Gasteiger partial charge on any atom is 0.162 e. The minimum absolute atomic E-state index is 0.181. The minimum atomic E-state index is -1.61. The van der Waals surface area contributed by atoms with E-state index in [9.17, 15) is 9.50 Å². The number of rotatable bonds is 2. The summed E-state index contributed by atoms with van der Waals surface area (Å²) in [4.78, 5) is 7.69. The Bertz CT molecular complexity index is 324. The van der Waals surface area contributed by atoms with Crippen LogP contribution in [0.3, 0.4) is 0 Å². The molecule has 0 aromatic carbocycles. The second-order valence-electron chi connectivity index (χ2n) is 3.32. The number of alkyl halides is 1. The van der Waals surface area contributed by atoms with Crippen molar-refractivity contribution >= 4 is 0 Å². The van der Waals surface area contributed by atoms with Crippen LogP contribution in [0.1, 0.15) is 11.9 Å². The molecular formula is C9H11FN2O3. The van der Waals surface area contributed by atoms with Crippen LogP contribution in [0.25, 0.3) is 0 Å². The highest BCUT2D eigenvalue weighted by Crippen LogP contribution is 2.33. The van der Waals surface area contributed by atoms with Gasteiger partial charge in [0.2, 0.25) is 0 Å². The monoisotopic (exact) mass is 214 g/mol. The van der Waals surface area contributed by atoms with Gasteiger partial charge >= 0.3 is 0 Å². The molecule has 2 N–H and O–H groups in total. The molecule has 1 aromatic heterocycles. The summed E-state index contributed by atoms with van der Waals surface area (Å²) in [5.74, 6) is 0.181. The Balaban J connectivity index is 2.19. The minimum Gasteiger partial charge on any atom is -0.394 e. The van der Waals surface area contributed by atoms with Gasteiger partial charge in [0.15, 0.2) is 18.1 Å². The number of halogens is 1. The van der Waals surface area contributed by atoms with Crippen LogP contribution in [0.4, 0.5) is 4.39 Å². The molecule has 6 heteroatoms. The molecule has 0 bridgehead atoms. The maximum atomic E-state index is 13.5. The van der Waals surface area contributed by atoms with Gasteiger partial charge in [0, 0.05) is 12.4 Å². The van der Waals surface area contributed by atoms with Crippen molar-refractivity contribution in [1.29, 1.82) is 0 Å². The van der Waals surface area contributed by atoms with E-state index in [0.29, 0.717) is 0 Å². The van der Waals surface area contributed by atoms with E-state index in [0.717, 1.165) is 0 Å². The molecule has 1 aromatic rings. The highest BCUT2D eigenvalue weighted by molar-refractivity contribution is 5.03. The average Bonchev–Trinajstić information content (AvgIpc) is 2.57. The summed E-state index contributed by atoms with van der Waals surface area (Å²) in [6, 6.07) is 1.60. The lowest BCUT2D eigenvalue weighted by Crippen LogP contribution is -2.30. The van der Waals surface area contributed by atoms with Crippen LogP contribution >= 0.6 is 0 Å². The van der Waals surface area contributed by atoms with Gasteiger partial charge in [0.05, 0.1) is 6.61 Å². The first-order valence-corrected chi connectivity index (χ1v) is 4.59. The molecule has 0 unspecified atom stereocenters. The van der Waals surface area contributed by atoms with Gasteiger partial charge in [-0.2, -0.15) is 0 Å². The third-order valence-corrected chi connectivity index (χ3v) is 2.34. The highest BCUT2D eigenvalue weighted by atomic mass is 19.1. The number of ether oxygens (including phenoxy) is 1. The Morgan fingerprint density at radius 2 is 2.07 bits per heavy atom. The van der Waals surface area contributed by atoms with Crippen LogP contribution in [0.15, 0.2) is 18.5 Å². The van der Waals surface area contributed by atoms with Gasteiger partial charge in [0.25, 0.3) is 0 Å². The molecule has 0 saturated carbocycles. The SMILES string of the molecule is OC[C@@H]1O[C@H](c2ncccn2)[C@H](F)[C@H]1O. The third kappa shape index (κ3) is 1.83. The van der Waals surface area contributed by atoms with E-state index in [1.165, 1.54) is 12.4 Å². The lowest BCUT2D eigenvalue weighted by molar-refractivity contribution is -0.0248. The van der Waals surface area contributed by atoms with Crippen LogP contribution < -0.4 is 0 Å². The predicted molar refractivity (Wildman–Crippen MR) is 47.6 cm³/mol. The summed E-state index contributed by atoms with van der Waals surface area (Å²) in [7, 11) is 0. The normalized spacial score (nSPS) is 35.7. The van der Waals surface area contributed by atoms with E-state index < -0.39 is 31.1 Å². The summed E-state index contributed by atoms with van der Waals surface area (Å²) < 4.78 is 18.7. The molecule has 1 fully saturated rings. The predicted octanol–water partition coefficient (Wildman–Crippen LogP) is -0.392. The molecule has 0 amide bonds. The largest absolute Gasteiger partial charge is 0.394 e. The highest BCUT2D eigenvalue weighted by Gasteiger charge is 2.45. The molecule has 0 spiro atoms. The number of aliphatic hydroxyl groups excluding tert-OH is 2.